The average molecular weight is 160 g/mol. The van der Waals surface area contributed by atoms with Gasteiger partial charge in [-0.2, -0.15) is 0 Å². The summed E-state index contributed by atoms with van der Waals surface area (Å²) < 4.78 is 0. The highest BCUT2D eigenvalue weighted by atomic mass is 16.4. The molecule has 0 saturated carbocycles. The molecular formula is C7H12O4. The van der Waals surface area contributed by atoms with E-state index in [1.165, 1.54) is 6.92 Å². The van der Waals surface area contributed by atoms with Gasteiger partial charge in [0.1, 0.15) is 5.60 Å². The molecule has 2 N–H and O–H groups in total. The summed E-state index contributed by atoms with van der Waals surface area (Å²) in [4.78, 5) is 20.9. The molecule has 0 unspecified atom stereocenters. The van der Waals surface area contributed by atoms with Crippen molar-refractivity contribution in [3.8, 4) is 0 Å². The molecule has 0 aromatic carbocycles. The van der Waals surface area contributed by atoms with E-state index in [0.29, 0.717) is 0 Å². The van der Waals surface area contributed by atoms with Gasteiger partial charge in [0.15, 0.2) is 5.78 Å². The van der Waals surface area contributed by atoms with Crippen LogP contribution in [0.2, 0.25) is 0 Å². The lowest BCUT2D eigenvalue weighted by atomic mass is 9.92. The smallest absolute Gasteiger partial charge is 0.306 e. The van der Waals surface area contributed by atoms with Gasteiger partial charge in [-0.25, -0.2) is 0 Å². The van der Waals surface area contributed by atoms with Crippen LogP contribution in [-0.4, -0.2) is 27.6 Å². The molecule has 0 aromatic rings. The van der Waals surface area contributed by atoms with Gasteiger partial charge in [0.2, 0.25) is 0 Å². The number of Topliss-reactive ketones (excluding diaryl/α,β-unsaturated/α-hetero) is 1. The molecular weight excluding hydrogens is 148 g/mol. The maximum atomic E-state index is 10.7. The van der Waals surface area contributed by atoms with Crippen LogP contribution in [0.25, 0.3) is 0 Å². The van der Waals surface area contributed by atoms with Gasteiger partial charge in [-0.3, -0.25) is 9.59 Å². The second-order valence-corrected chi connectivity index (χ2v) is 2.51. The summed E-state index contributed by atoms with van der Waals surface area (Å²) in [7, 11) is 0. The number of hydrogen-bond donors (Lipinski definition) is 2. The molecule has 4 heteroatoms. The molecule has 0 aromatic heterocycles. The lowest BCUT2D eigenvalue weighted by molar-refractivity contribution is -0.150. The summed E-state index contributed by atoms with van der Waals surface area (Å²) in [5.41, 5.74) is -1.67. The van der Waals surface area contributed by atoms with Crippen LogP contribution < -0.4 is 0 Å². The summed E-state index contributed by atoms with van der Waals surface area (Å²) in [6, 6.07) is 0. The molecule has 4 nitrogen and oxygen atoms in total. The topological polar surface area (TPSA) is 74.6 Å². The van der Waals surface area contributed by atoms with Gasteiger partial charge in [-0.1, -0.05) is 6.92 Å². The first kappa shape index (κ1) is 10.1. The Morgan fingerprint density at radius 1 is 1.45 bits per heavy atom. The van der Waals surface area contributed by atoms with E-state index in [1.54, 1.807) is 6.92 Å². The molecule has 0 radical (unpaired) electrons. The van der Waals surface area contributed by atoms with Gasteiger partial charge in [0.25, 0.3) is 0 Å². The minimum absolute atomic E-state index is 0.134. The van der Waals surface area contributed by atoms with Crippen molar-refractivity contribution < 1.29 is 19.8 Å². The maximum absolute atomic E-state index is 10.7. The number of carbonyl (C=O) groups is 2. The van der Waals surface area contributed by atoms with Crippen LogP contribution in [0.3, 0.4) is 0 Å². The Morgan fingerprint density at radius 3 is 2.00 bits per heavy atom. The maximum Gasteiger partial charge on any atom is 0.306 e. The fraction of sp³-hybridized carbons (Fsp3) is 0.714. The molecule has 64 valence electrons. The second-order valence-electron chi connectivity index (χ2n) is 2.51. The molecule has 0 fully saturated rings. The number of aliphatic hydroxyl groups is 1. The zero-order valence-corrected chi connectivity index (χ0v) is 6.63. The Bertz CT molecular complexity index is 175. The van der Waals surface area contributed by atoms with Gasteiger partial charge in [-0.15, -0.1) is 0 Å². The minimum Gasteiger partial charge on any atom is -0.481 e. The van der Waals surface area contributed by atoms with Crippen molar-refractivity contribution in [3.63, 3.8) is 0 Å². The summed E-state index contributed by atoms with van der Waals surface area (Å²) >= 11 is 0. The fourth-order valence-electron chi connectivity index (χ4n) is 0.749. The lowest BCUT2D eigenvalue weighted by Crippen LogP contribution is -2.38. The van der Waals surface area contributed by atoms with Crippen molar-refractivity contribution in [2.45, 2.75) is 32.3 Å². The normalized spacial score (nSPS) is 15.5. The Morgan fingerprint density at radius 2 is 1.91 bits per heavy atom. The Balaban J connectivity index is 4.34. The summed E-state index contributed by atoms with van der Waals surface area (Å²) in [6.07, 6.45) is -0.381. The monoisotopic (exact) mass is 160 g/mol. The zero-order chi connectivity index (χ0) is 9.07. The number of hydrogen-bond acceptors (Lipinski definition) is 3. The SMILES string of the molecule is CC[C@@](O)(CC(=O)O)C(C)=O. The molecule has 0 amide bonds. The van der Waals surface area contributed by atoms with Gasteiger partial charge in [0, 0.05) is 0 Å². The van der Waals surface area contributed by atoms with Crippen molar-refractivity contribution in [1.29, 1.82) is 0 Å². The number of aliphatic carboxylic acids is 1. The van der Waals surface area contributed by atoms with E-state index in [-0.39, 0.29) is 6.42 Å². The highest BCUT2D eigenvalue weighted by Gasteiger charge is 2.32. The Kier molecular flexibility index (Phi) is 3.19. The van der Waals surface area contributed by atoms with Crippen LogP contribution in [0.5, 0.6) is 0 Å². The molecule has 0 bridgehead atoms. The third kappa shape index (κ3) is 2.67. The number of carboxylic acids is 1. The summed E-state index contributed by atoms with van der Waals surface area (Å²) in [6.45, 7) is 2.76. The van der Waals surface area contributed by atoms with E-state index in [9.17, 15) is 14.7 Å². The predicted octanol–water partition coefficient (Wildman–Crippen LogP) is 0.191. The van der Waals surface area contributed by atoms with E-state index >= 15 is 0 Å². The minimum atomic E-state index is -1.67. The number of carboxylic acid groups (broad SMARTS) is 1. The quantitative estimate of drug-likeness (QED) is 0.615. The number of rotatable bonds is 4. The van der Waals surface area contributed by atoms with Crippen LogP contribution >= 0.6 is 0 Å². The van der Waals surface area contributed by atoms with Crippen LogP contribution in [0.15, 0.2) is 0 Å². The van der Waals surface area contributed by atoms with Crippen LogP contribution in [0.4, 0.5) is 0 Å². The van der Waals surface area contributed by atoms with E-state index < -0.39 is 23.8 Å². The van der Waals surface area contributed by atoms with E-state index in [2.05, 4.69) is 0 Å². The van der Waals surface area contributed by atoms with Gasteiger partial charge >= 0.3 is 5.97 Å². The molecule has 11 heavy (non-hydrogen) atoms. The van der Waals surface area contributed by atoms with Crippen LogP contribution in [-0.2, 0) is 9.59 Å². The van der Waals surface area contributed by atoms with Crippen LogP contribution in [0.1, 0.15) is 26.7 Å². The highest BCUT2D eigenvalue weighted by Crippen LogP contribution is 2.15. The largest absolute Gasteiger partial charge is 0.481 e. The van der Waals surface area contributed by atoms with Gasteiger partial charge < -0.3 is 10.2 Å². The fourth-order valence-corrected chi connectivity index (χ4v) is 0.749. The lowest BCUT2D eigenvalue weighted by Gasteiger charge is -2.20. The van der Waals surface area contributed by atoms with Crippen LogP contribution in [0, 0.1) is 0 Å². The van der Waals surface area contributed by atoms with E-state index in [4.69, 9.17) is 5.11 Å². The zero-order valence-electron chi connectivity index (χ0n) is 6.63. The third-order valence-electron chi connectivity index (χ3n) is 1.68. The number of carbonyl (C=O) groups excluding carboxylic acids is 1. The first-order valence-electron chi connectivity index (χ1n) is 3.37. The predicted molar refractivity (Wildman–Crippen MR) is 38.2 cm³/mol. The molecule has 1 atom stereocenters. The summed E-state index contributed by atoms with van der Waals surface area (Å²) in [5.74, 6) is -1.66. The van der Waals surface area contributed by atoms with E-state index in [0.717, 1.165) is 0 Å². The van der Waals surface area contributed by atoms with Crippen molar-refractivity contribution in [3.05, 3.63) is 0 Å². The second kappa shape index (κ2) is 3.48. The molecule has 0 aliphatic rings. The average Bonchev–Trinajstić information content (AvgIpc) is 1.86. The third-order valence-corrected chi connectivity index (χ3v) is 1.68. The first-order valence-corrected chi connectivity index (χ1v) is 3.37. The highest BCUT2D eigenvalue weighted by molar-refractivity contribution is 5.88. The Hall–Kier alpha value is -0.900. The van der Waals surface area contributed by atoms with Crippen molar-refractivity contribution in [1.82, 2.24) is 0 Å². The van der Waals surface area contributed by atoms with Gasteiger partial charge in [0.05, 0.1) is 6.42 Å². The van der Waals surface area contributed by atoms with Crippen molar-refractivity contribution in [2.75, 3.05) is 0 Å². The number of ketones is 1. The molecule has 0 spiro atoms. The van der Waals surface area contributed by atoms with Gasteiger partial charge in [-0.05, 0) is 13.3 Å². The molecule has 0 heterocycles. The molecule has 0 aliphatic heterocycles. The van der Waals surface area contributed by atoms with Crippen molar-refractivity contribution in [2.24, 2.45) is 0 Å². The summed E-state index contributed by atoms with van der Waals surface area (Å²) in [5, 5.41) is 17.7. The molecule has 0 aliphatic carbocycles. The molecule has 0 saturated heterocycles. The standard InChI is InChI=1S/C7H12O4/c1-3-7(11,5(2)8)4-6(9)10/h11H,3-4H2,1-2H3,(H,9,10)/t7-/m1/s1. The first-order chi connectivity index (χ1) is 4.92. The Labute approximate surface area is 64.8 Å². The van der Waals surface area contributed by atoms with Crippen molar-refractivity contribution >= 4 is 11.8 Å². The molecule has 0 rings (SSSR count). The van der Waals surface area contributed by atoms with E-state index in [1.807, 2.05) is 0 Å².